The summed E-state index contributed by atoms with van der Waals surface area (Å²) in [5.41, 5.74) is 0.145. The zero-order valence-electron chi connectivity index (χ0n) is 6.69. The number of hydrogen-bond acceptors (Lipinski definition) is 1. The van der Waals surface area contributed by atoms with Gasteiger partial charge in [-0.05, 0) is 26.2 Å². The molecule has 0 N–H and O–H groups in total. The molecule has 0 saturated carbocycles. The third-order valence-electron chi connectivity index (χ3n) is 2.28. The number of alkyl halides is 1. The largest absolute Gasteiger partial charge is 0.375 e. The molecule has 1 aliphatic rings. The highest BCUT2D eigenvalue weighted by Gasteiger charge is 2.29. The van der Waals surface area contributed by atoms with Crippen LogP contribution in [-0.4, -0.2) is 17.0 Å². The van der Waals surface area contributed by atoms with E-state index < -0.39 is 0 Å². The molecule has 1 aliphatic heterocycles. The maximum atomic E-state index is 5.66. The van der Waals surface area contributed by atoms with Crippen molar-refractivity contribution in [3.63, 3.8) is 0 Å². The topological polar surface area (TPSA) is 9.23 Å². The van der Waals surface area contributed by atoms with Gasteiger partial charge >= 0.3 is 0 Å². The Morgan fingerprint density at radius 3 is 2.80 bits per heavy atom. The fraction of sp³-hybridized carbons (Fsp3) is 1.00. The molecule has 0 aromatic carbocycles. The van der Waals surface area contributed by atoms with E-state index >= 15 is 0 Å². The van der Waals surface area contributed by atoms with Gasteiger partial charge in [0.15, 0.2) is 0 Å². The predicted molar refractivity (Wildman–Crippen MR) is 46.6 cm³/mol. The first-order chi connectivity index (χ1) is 4.66. The molecule has 2 atom stereocenters. The van der Waals surface area contributed by atoms with Gasteiger partial charge in [0.2, 0.25) is 0 Å². The Labute approximate surface area is 71.3 Å². The summed E-state index contributed by atoms with van der Waals surface area (Å²) in [6.45, 7) is 5.30. The van der Waals surface area contributed by atoms with Gasteiger partial charge in [0.1, 0.15) is 0 Å². The van der Waals surface area contributed by atoms with E-state index in [0.29, 0.717) is 4.83 Å². The lowest BCUT2D eigenvalue weighted by molar-refractivity contribution is -0.0637. The molecule has 1 heterocycles. The minimum Gasteiger partial charge on any atom is -0.375 e. The van der Waals surface area contributed by atoms with Gasteiger partial charge in [-0.1, -0.05) is 22.9 Å². The second kappa shape index (κ2) is 3.22. The molecule has 10 heavy (non-hydrogen) atoms. The third-order valence-corrected chi connectivity index (χ3v) is 3.06. The highest BCUT2D eigenvalue weighted by molar-refractivity contribution is 9.09. The zero-order valence-corrected chi connectivity index (χ0v) is 8.28. The second-order valence-corrected chi connectivity index (χ2v) is 4.54. The molecule has 0 aliphatic carbocycles. The molecule has 1 saturated heterocycles. The van der Waals surface area contributed by atoms with Crippen molar-refractivity contribution in [1.29, 1.82) is 0 Å². The highest BCUT2D eigenvalue weighted by atomic mass is 79.9. The first-order valence-corrected chi connectivity index (χ1v) is 4.86. The highest BCUT2D eigenvalue weighted by Crippen LogP contribution is 2.31. The molecule has 0 radical (unpaired) electrons. The lowest BCUT2D eigenvalue weighted by atomic mass is 9.93. The summed E-state index contributed by atoms with van der Waals surface area (Å²) in [5, 5.41) is 0. The van der Waals surface area contributed by atoms with Crippen LogP contribution in [0.2, 0.25) is 0 Å². The van der Waals surface area contributed by atoms with Crippen LogP contribution in [0.3, 0.4) is 0 Å². The third kappa shape index (κ3) is 1.96. The van der Waals surface area contributed by atoms with Crippen molar-refractivity contribution in [2.24, 2.45) is 0 Å². The molecule has 60 valence electrons. The van der Waals surface area contributed by atoms with Crippen LogP contribution in [0.5, 0.6) is 0 Å². The fourth-order valence-electron chi connectivity index (χ4n) is 1.31. The number of halogens is 1. The SMILES string of the molecule is CCC1(C)CC(Br)CCO1. The Morgan fingerprint density at radius 1 is 1.70 bits per heavy atom. The van der Waals surface area contributed by atoms with E-state index in [-0.39, 0.29) is 5.60 Å². The molecule has 2 unspecified atom stereocenters. The smallest absolute Gasteiger partial charge is 0.0662 e. The Bertz CT molecular complexity index is 116. The van der Waals surface area contributed by atoms with Gasteiger partial charge in [-0.3, -0.25) is 0 Å². The predicted octanol–water partition coefficient (Wildman–Crippen LogP) is 2.73. The molecule has 0 aromatic rings. The molecule has 0 bridgehead atoms. The number of hydrogen-bond donors (Lipinski definition) is 0. The van der Waals surface area contributed by atoms with Crippen molar-refractivity contribution < 1.29 is 4.74 Å². The van der Waals surface area contributed by atoms with E-state index in [4.69, 9.17) is 4.74 Å². The zero-order chi connectivity index (χ0) is 7.61. The summed E-state index contributed by atoms with van der Waals surface area (Å²) in [4.78, 5) is 0.672. The summed E-state index contributed by atoms with van der Waals surface area (Å²) in [6.07, 6.45) is 3.44. The van der Waals surface area contributed by atoms with E-state index in [9.17, 15) is 0 Å². The molecule has 0 aromatic heterocycles. The lowest BCUT2D eigenvalue weighted by Gasteiger charge is -2.35. The van der Waals surface area contributed by atoms with Gasteiger partial charge < -0.3 is 4.74 Å². The van der Waals surface area contributed by atoms with Crippen LogP contribution in [0.25, 0.3) is 0 Å². The molecule has 0 amide bonds. The first-order valence-electron chi connectivity index (χ1n) is 3.94. The van der Waals surface area contributed by atoms with Crippen LogP contribution in [-0.2, 0) is 4.74 Å². The Kier molecular flexibility index (Phi) is 2.75. The fourth-order valence-corrected chi connectivity index (χ4v) is 2.18. The van der Waals surface area contributed by atoms with E-state index in [1.807, 2.05) is 0 Å². The van der Waals surface area contributed by atoms with Crippen LogP contribution in [0.1, 0.15) is 33.1 Å². The summed E-state index contributed by atoms with van der Waals surface area (Å²) >= 11 is 3.62. The van der Waals surface area contributed by atoms with E-state index in [0.717, 1.165) is 25.9 Å². The molecule has 1 rings (SSSR count). The quantitative estimate of drug-likeness (QED) is 0.600. The summed E-state index contributed by atoms with van der Waals surface area (Å²) in [7, 11) is 0. The van der Waals surface area contributed by atoms with Crippen LogP contribution < -0.4 is 0 Å². The standard InChI is InChI=1S/C8H15BrO/c1-3-8(2)6-7(9)4-5-10-8/h7H,3-6H2,1-2H3. The van der Waals surface area contributed by atoms with Gasteiger partial charge in [-0.25, -0.2) is 0 Å². The molecule has 2 heteroatoms. The Morgan fingerprint density at radius 2 is 2.40 bits per heavy atom. The Hall–Kier alpha value is 0.440. The minimum atomic E-state index is 0.145. The van der Waals surface area contributed by atoms with Crippen molar-refractivity contribution >= 4 is 15.9 Å². The van der Waals surface area contributed by atoms with Crippen LogP contribution in [0, 0.1) is 0 Å². The van der Waals surface area contributed by atoms with Crippen LogP contribution in [0.15, 0.2) is 0 Å². The second-order valence-electron chi connectivity index (χ2n) is 3.24. The molecule has 1 fully saturated rings. The molecular formula is C8H15BrO. The first kappa shape index (κ1) is 8.54. The molecule has 1 nitrogen and oxygen atoms in total. The van der Waals surface area contributed by atoms with Crippen molar-refractivity contribution in [1.82, 2.24) is 0 Å². The maximum absolute atomic E-state index is 5.66. The summed E-state index contributed by atoms with van der Waals surface area (Å²) in [5.74, 6) is 0. The lowest BCUT2D eigenvalue weighted by Crippen LogP contribution is -2.36. The van der Waals surface area contributed by atoms with Gasteiger partial charge in [0, 0.05) is 11.4 Å². The average Bonchev–Trinajstić information content (AvgIpc) is 1.88. The summed E-state index contributed by atoms with van der Waals surface area (Å²) in [6, 6.07) is 0. The van der Waals surface area contributed by atoms with Crippen molar-refractivity contribution in [2.45, 2.75) is 43.5 Å². The molecular weight excluding hydrogens is 192 g/mol. The minimum absolute atomic E-state index is 0.145. The van der Waals surface area contributed by atoms with Gasteiger partial charge in [0.05, 0.1) is 5.60 Å². The van der Waals surface area contributed by atoms with Gasteiger partial charge in [-0.15, -0.1) is 0 Å². The Balaban J connectivity index is 2.45. The molecule has 0 spiro atoms. The van der Waals surface area contributed by atoms with E-state index in [1.54, 1.807) is 0 Å². The maximum Gasteiger partial charge on any atom is 0.0662 e. The monoisotopic (exact) mass is 206 g/mol. The van der Waals surface area contributed by atoms with Gasteiger partial charge in [0.25, 0.3) is 0 Å². The van der Waals surface area contributed by atoms with Crippen molar-refractivity contribution in [3.05, 3.63) is 0 Å². The van der Waals surface area contributed by atoms with Crippen molar-refractivity contribution in [3.8, 4) is 0 Å². The normalized spacial score (nSPS) is 41.7. The number of ether oxygens (including phenoxy) is 1. The average molecular weight is 207 g/mol. The van der Waals surface area contributed by atoms with Gasteiger partial charge in [-0.2, -0.15) is 0 Å². The van der Waals surface area contributed by atoms with E-state index in [1.165, 1.54) is 0 Å². The number of rotatable bonds is 1. The van der Waals surface area contributed by atoms with Crippen molar-refractivity contribution in [2.75, 3.05) is 6.61 Å². The van der Waals surface area contributed by atoms with Crippen LogP contribution in [0.4, 0.5) is 0 Å². The van der Waals surface area contributed by atoms with Crippen LogP contribution >= 0.6 is 15.9 Å². The summed E-state index contributed by atoms with van der Waals surface area (Å²) < 4.78 is 5.66. The van der Waals surface area contributed by atoms with E-state index in [2.05, 4.69) is 29.8 Å².